The number of nitrogens with one attached hydrogen (secondary N) is 2. The smallest absolute Gasteiger partial charge is 0.407 e. The van der Waals surface area contributed by atoms with Crippen molar-refractivity contribution in [2.75, 3.05) is 24.6 Å². The van der Waals surface area contributed by atoms with Crippen molar-refractivity contribution in [1.82, 2.24) is 10.6 Å². The molecule has 0 aliphatic carbocycles. The number of hydrogen-bond acceptors (Lipinski definition) is 5. The third-order valence-corrected chi connectivity index (χ3v) is 5.17. The van der Waals surface area contributed by atoms with E-state index in [0.29, 0.717) is 13.1 Å². The number of ether oxygens (including phenoxy) is 1. The maximum atomic E-state index is 11.7. The largest absolute Gasteiger partial charge is 0.444 e. The Kier molecular flexibility index (Phi) is 3.09. The molecular weight excluding hydrogens is 256 g/mol. The lowest BCUT2D eigenvalue weighted by Crippen LogP contribution is -2.64. The van der Waals surface area contributed by atoms with E-state index in [1.54, 1.807) is 20.8 Å². The van der Waals surface area contributed by atoms with Crippen LogP contribution in [-0.4, -0.2) is 50.7 Å². The molecule has 2 rings (SSSR count). The highest BCUT2D eigenvalue weighted by Gasteiger charge is 2.54. The molecule has 0 saturated carbocycles. The van der Waals surface area contributed by atoms with Crippen LogP contribution in [0.2, 0.25) is 0 Å². The number of alkyl carbamates (subject to hydrolysis) is 1. The highest BCUT2D eigenvalue weighted by Crippen LogP contribution is 2.36. The molecule has 2 fully saturated rings. The van der Waals surface area contributed by atoms with E-state index >= 15 is 0 Å². The molecule has 1 spiro atoms. The predicted octanol–water partition coefficient (Wildman–Crippen LogP) is -0.102. The summed E-state index contributed by atoms with van der Waals surface area (Å²) < 4.78 is 28.6. The maximum Gasteiger partial charge on any atom is 0.407 e. The van der Waals surface area contributed by atoms with E-state index in [-0.39, 0.29) is 23.0 Å². The van der Waals surface area contributed by atoms with Gasteiger partial charge in [0.05, 0.1) is 17.5 Å². The molecule has 1 unspecified atom stereocenters. The summed E-state index contributed by atoms with van der Waals surface area (Å²) >= 11 is 0. The summed E-state index contributed by atoms with van der Waals surface area (Å²) in [5.41, 5.74) is -0.914. The number of amides is 1. The van der Waals surface area contributed by atoms with Crippen molar-refractivity contribution in [2.45, 2.75) is 32.4 Å². The number of rotatable bonds is 1. The summed E-state index contributed by atoms with van der Waals surface area (Å²) in [7, 11) is -3.06. The average molecular weight is 276 g/mol. The highest BCUT2D eigenvalue weighted by molar-refractivity contribution is 7.91. The zero-order chi connectivity index (χ0) is 13.6. The van der Waals surface area contributed by atoms with Gasteiger partial charge >= 0.3 is 6.09 Å². The Bertz CT molecular complexity index is 448. The summed E-state index contributed by atoms with van der Waals surface area (Å²) in [5.74, 6) is 0.154. The van der Waals surface area contributed by atoms with Gasteiger partial charge in [-0.1, -0.05) is 0 Å². The molecule has 0 aromatic rings. The molecule has 0 radical (unpaired) electrons. The number of hydrogen-bond donors (Lipinski definition) is 2. The van der Waals surface area contributed by atoms with Gasteiger partial charge in [0.1, 0.15) is 5.60 Å². The lowest BCUT2D eigenvalue weighted by Gasteiger charge is -2.43. The van der Waals surface area contributed by atoms with Crippen molar-refractivity contribution in [1.29, 1.82) is 0 Å². The first-order valence-corrected chi connectivity index (χ1v) is 7.85. The molecule has 104 valence electrons. The zero-order valence-electron chi connectivity index (χ0n) is 10.9. The molecular formula is C11H20N2O4S. The van der Waals surface area contributed by atoms with Gasteiger partial charge in [-0.25, -0.2) is 13.2 Å². The Morgan fingerprint density at radius 1 is 1.39 bits per heavy atom. The van der Waals surface area contributed by atoms with Crippen molar-refractivity contribution in [3.8, 4) is 0 Å². The van der Waals surface area contributed by atoms with E-state index in [0.717, 1.165) is 0 Å². The summed E-state index contributed by atoms with van der Waals surface area (Å²) in [6.07, 6.45) is -0.545. The molecule has 0 aromatic carbocycles. The maximum absolute atomic E-state index is 11.7. The fourth-order valence-electron chi connectivity index (χ4n) is 2.47. The van der Waals surface area contributed by atoms with Crippen LogP contribution in [0.4, 0.5) is 4.79 Å². The third-order valence-electron chi connectivity index (χ3n) is 3.31. The number of sulfone groups is 1. The summed E-state index contributed by atoms with van der Waals surface area (Å²) in [6.45, 7) is 6.59. The Morgan fingerprint density at radius 3 is 2.44 bits per heavy atom. The third kappa shape index (κ3) is 2.77. The standard InChI is InChI=1S/C11H20N2O4S/c1-10(2,3)17-9(14)13-8-4-18(15,16)7-11(8)5-12-6-11/h8,12H,4-7H2,1-3H3,(H,13,14). The molecule has 0 bridgehead atoms. The first kappa shape index (κ1) is 13.6. The van der Waals surface area contributed by atoms with Crippen molar-refractivity contribution in [3.63, 3.8) is 0 Å². The second-order valence-corrected chi connectivity index (χ2v) is 8.33. The molecule has 2 heterocycles. The minimum atomic E-state index is -3.06. The normalized spacial score (nSPS) is 28.7. The van der Waals surface area contributed by atoms with Gasteiger partial charge in [0.2, 0.25) is 0 Å². The monoisotopic (exact) mass is 276 g/mol. The van der Waals surface area contributed by atoms with Gasteiger partial charge in [-0.3, -0.25) is 0 Å². The van der Waals surface area contributed by atoms with Crippen LogP contribution >= 0.6 is 0 Å². The van der Waals surface area contributed by atoms with E-state index in [1.807, 2.05) is 0 Å². The minimum Gasteiger partial charge on any atom is -0.444 e. The highest BCUT2D eigenvalue weighted by atomic mass is 32.2. The van der Waals surface area contributed by atoms with Crippen molar-refractivity contribution in [3.05, 3.63) is 0 Å². The van der Waals surface area contributed by atoms with Crippen LogP contribution < -0.4 is 10.6 Å². The second-order valence-electron chi connectivity index (χ2n) is 6.22. The minimum absolute atomic E-state index is 0.00786. The van der Waals surface area contributed by atoms with Gasteiger partial charge in [-0.05, 0) is 20.8 Å². The zero-order valence-corrected chi connectivity index (χ0v) is 11.8. The molecule has 2 aliphatic rings. The van der Waals surface area contributed by atoms with Crippen LogP contribution in [0.3, 0.4) is 0 Å². The summed E-state index contributed by atoms with van der Waals surface area (Å²) in [6, 6.07) is -0.349. The molecule has 7 heteroatoms. The molecule has 2 saturated heterocycles. The molecule has 18 heavy (non-hydrogen) atoms. The lowest BCUT2D eigenvalue weighted by molar-refractivity contribution is 0.0436. The number of carbonyl (C=O) groups excluding carboxylic acids is 1. The predicted molar refractivity (Wildman–Crippen MR) is 67.1 cm³/mol. The van der Waals surface area contributed by atoms with Gasteiger partial charge in [0.25, 0.3) is 0 Å². The van der Waals surface area contributed by atoms with E-state index < -0.39 is 21.5 Å². The topological polar surface area (TPSA) is 84.5 Å². The van der Waals surface area contributed by atoms with E-state index in [9.17, 15) is 13.2 Å². The molecule has 0 aromatic heterocycles. The van der Waals surface area contributed by atoms with Crippen LogP contribution in [0.25, 0.3) is 0 Å². The van der Waals surface area contributed by atoms with E-state index in [1.165, 1.54) is 0 Å². The van der Waals surface area contributed by atoms with Crippen LogP contribution in [0, 0.1) is 5.41 Å². The summed E-state index contributed by atoms with van der Waals surface area (Å²) in [5, 5.41) is 5.78. The molecule has 2 N–H and O–H groups in total. The van der Waals surface area contributed by atoms with Crippen molar-refractivity contribution < 1.29 is 17.9 Å². The van der Waals surface area contributed by atoms with Gasteiger partial charge in [0, 0.05) is 18.5 Å². The van der Waals surface area contributed by atoms with Crippen molar-refractivity contribution >= 4 is 15.9 Å². The Morgan fingerprint density at radius 2 is 2.00 bits per heavy atom. The van der Waals surface area contributed by atoms with E-state index in [4.69, 9.17) is 4.74 Å². The lowest BCUT2D eigenvalue weighted by atomic mass is 9.77. The molecule has 2 aliphatic heterocycles. The molecule has 6 nitrogen and oxygen atoms in total. The molecule has 1 atom stereocenters. The van der Waals surface area contributed by atoms with Gasteiger partial charge in [0.15, 0.2) is 9.84 Å². The quantitative estimate of drug-likeness (QED) is 0.698. The van der Waals surface area contributed by atoms with Gasteiger partial charge < -0.3 is 15.4 Å². The van der Waals surface area contributed by atoms with Crippen LogP contribution in [0.15, 0.2) is 0 Å². The fourth-order valence-corrected chi connectivity index (χ4v) is 4.81. The first-order valence-electron chi connectivity index (χ1n) is 6.03. The second kappa shape index (κ2) is 4.09. The molecule has 1 amide bonds. The Labute approximate surface area is 107 Å². The van der Waals surface area contributed by atoms with Crippen molar-refractivity contribution in [2.24, 2.45) is 5.41 Å². The van der Waals surface area contributed by atoms with Crippen LogP contribution in [-0.2, 0) is 14.6 Å². The summed E-state index contributed by atoms with van der Waals surface area (Å²) in [4.78, 5) is 11.7. The van der Waals surface area contributed by atoms with E-state index in [2.05, 4.69) is 10.6 Å². The number of carbonyl (C=O) groups is 1. The first-order chi connectivity index (χ1) is 8.12. The van der Waals surface area contributed by atoms with Gasteiger partial charge in [-0.2, -0.15) is 0 Å². The van der Waals surface area contributed by atoms with Gasteiger partial charge in [-0.15, -0.1) is 0 Å². The Hall–Kier alpha value is -0.820. The SMILES string of the molecule is CC(C)(C)OC(=O)NC1CS(=O)(=O)CC12CNC2. The Balaban J connectivity index is 2.03. The van der Waals surface area contributed by atoms with Crippen LogP contribution in [0.5, 0.6) is 0 Å². The average Bonchev–Trinajstić information content (AvgIpc) is 2.32. The van der Waals surface area contributed by atoms with Crippen LogP contribution in [0.1, 0.15) is 20.8 Å². The fraction of sp³-hybridized carbons (Fsp3) is 0.909.